The van der Waals surface area contributed by atoms with Crippen molar-refractivity contribution in [2.24, 2.45) is 0 Å². The Morgan fingerprint density at radius 3 is 2.68 bits per heavy atom. The summed E-state index contributed by atoms with van der Waals surface area (Å²) >= 11 is 5.20. The maximum atomic E-state index is 11.9. The number of likely N-dealkylation sites (N-methyl/N-ethyl adjacent to an activating group) is 1. The predicted molar refractivity (Wildman–Crippen MR) is 86.7 cm³/mol. The highest BCUT2D eigenvalue weighted by Crippen LogP contribution is 2.20. The van der Waals surface area contributed by atoms with Gasteiger partial charge in [-0.2, -0.15) is 0 Å². The van der Waals surface area contributed by atoms with Gasteiger partial charge in [0.05, 0.1) is 0 Å². The Morgan fingerprint density at radius 1 is 1.32 bits per heavy atom. The van der Waals surface area contributed by atoms with Crippen LogP contribution in [-0.4, -0.2) is 24.4 Å². The van der Waals surface area contributed by atoms with Crippen LogP contribution in [0.5, 0.6) is 0 Å². The third-order valence-corrected chi connectivity index (χ3v) is 4.99. The first-order valence-electron chi connectivity index (χ1n) is 7.10. The molecule has 0 fully saturated rings. The van der Waals surface area contributed by atoms with E-state index >= 15 is 0 Å². The first-order valence-corrected chi connectivity index (χ1v) is 8.77. The Hall–Kier alpha value is -0.350. The first kappa shape index (κ1) is 16.7. The van der Waals surface area contributed by atoms with E-state index in [0.717, 1.165) is 23.9 Å². The zero-order valence-electron chi connectivity index (χ0n) is 12.0. The van der Waals surface area contributed by atoms with Crippen LogP contribution >= 0.6 is 27.3 Å². The maximum absolute atomic E-state index is 11.9. The van der Waals surface area contributed by atoms with E-state index in [0.29, 0.717) is 6.42 Å². The number of rotatable bonds is 9. The Morgan fingerprint density at radius 2 is 2.05 bits per heavy atom. The van der Waals surface area contributed by atoms with Crippen LogP contribution in [0.2, 0.25) is 0 Å². The lowest BCUT2D eigenvalue weighted by molar-refractivity contribution is -0.130. The van der Waals surface area contributed by atoms with E-state index in [4.69, 9.17) is 0 Å². The summed E-state index contributed by atoms with van der Waals surface area (Å²) in [7, 11) is 1.91. The highest BCUT2D eigenvalue weighted by Gasteiger charge is 2.08. The number of halogens is 1. The van der Waals surface area contributed by atoms with Gasteiger partial charge in [-0.15, -0.1) is 11.3 Å². The van der Waals surface area contributed by atoms with E-state index in [1.807, 2.05) is 11.9 Å². The summed E-state index contributed by atoms with van der Waals surface area (Å²) in [6.07, 6.45) is 7.68. The van der Waals surface area contributed by atoms with Crippen molar-refractivity contribution >= 4 is 33.2 Å². The molecule has 0 saturated carbocycles. The standard InChI is InChI=1S/C15H24BrNOS/c1-3-4-5-6-7-8-15(18)17(2)10-9-14-11-13(16)12-19-14/h11-12H,3-10H2,1-2H3. The molecule has 1 aromatic heterocycles. The summed E-state index contributed by atoms with van der Waals surface area (Å²) in [4.78, 5) is 15.1. The molecule has 1 aromatic rings. The van der Waals surface area contributed by atoms with Crippen LogP contribution in [0, 0.1) is 0 Å². The molecule has 19 heavy (non-hydrogen) atoms. The second-order valence-electron chi connectivity index (χ2n) is 4.96. The fourth-order valence-electron chi connectivity index (χ4n) is 1.96. The number of nitrogens with zero attached hydrogens (tertiary/aromatic N) is 1. The lowest BCUT2D eigenvalue weighted by Crippen LogP contribution is -2.28. The molecule has 0 radical (unpaired) electrons. The summed E-state index contributed by atoms with van der Waals surface area (Å²) in [6, 6.07) is 2.13. The molecule has 0 spiro atoms. The van der Waals surface area contributed by atoms with Crippen LogP contribution in [0.3, 0.4) is 0 Å². The third-order valence-electron chi connectivity index (χ3n) is 3.24. The number of carbonyl (C=O) groups is 1. The quantitative estimate of drug-likeness (QED) is 0.584. The van der Waals surface area contributed by atoms with Crippen LogP contribution in [-0.2, 0) is 11.2 Å². The fourth-order valence-corrected chi connectivity index (χ4v) is 3.40. The minimum absolute atomic E-state index is 0.284. The molecule has 0 N–H and O–H groups in total. The van der Waals surface area contributed by atoms with Crippen LogP contribution in [0.25, 0.3) is 0 Å². The van der Waals surface area contributed by atoms with Gasteiger partial charge in [-0.25, -0.2) is 0 Å². The molecular weight excluding hydrogens is 322 g/mol. The number of hydrogen-bond acceptors (Lipinski definition) is 2. The summed E-state index contributed by atoms with van der Waals surface area (Å²) < 4.78 is 1.14. The zero-order valence-corrected chi connectivity index (χ0v) is 14.4. The third kappa shape index (κ3) is 7.11. The average molecular weight is 346 g/mol. The molecule has 0 aliphatic heterocycles. The smallest absolute Gasteiger partial charge is 0.222 e. The monoisotopic (exact) mass is 345 g/mol. The lowest BCUT2D eigenvalue weighted by atomic mass is 10.1. The van der Waals surface area contributed by atoms with Gasteiger partial charge >= 0.3 is 0 Å². The van der Waals surface area contributed by atoms with Gasteiger partial charge in [0.15, 0.2) is 0 Å². The zero-order chi connectivity index (χ0) is 14.1. The topological polar surface area (TPSA) is 20.3 Å². The number of carbonyl (C=O) groups excluding carboxylic acids is 1. The molecule has 0 unspecified atom stereocenters. The molecule has 0 atom stereocenters. The van der Waals surface area contributed by atoms with Crippen LogP contribution in [0.15, 0.2) is 15.9 Å². The second kappa shape index (κ2) is 9.54. The SMILES string of the molecule is CCCCCCCC(=O)N(C)CCc1cc(Br)cs1. The Bertz CT molecular complexity index is 378. The molecule has 0 saturated heterocycles. The Labute approximate surface area is 129 Å². The van der Waals surface area contributed by atoms with Crippen molar-refractivity contribution in [3.05, 3.63) is 20.8 Å². The number of hydrogen-bond donors (Lipinski definition) is 0. The van der Waals surface area contributed by atoms with Gasteiger partial charge < -0.3 is 4.90 Å². The first-order chi connectivity index (χ1) is 9.13. The maximum Gasteiger partial charge on any atom is 0.222 e. The molecule has 108 valence electrons. The normalized spacial score (nSPS) is 10.7. The minimum Gasteiger partial charge on any atom is -0.345 e. The molecule has 4 heteroatoms. The molecule has 0 aliphatic rings. The summed E-state index contributed by atoms with van der Waals surface area (Å²) in [6.45, 7) is 3.03. The molecule has 1 heterocycles. The largest absolute Gasteiger partial charge is 0.345 e. The van der Waals surface area contributed by atoms with Gasteiger partial charge in [0.2, 0.25) is 5.91 Å². The number of thiophene rings is 1. The molecule has 0 bridgehead atoms. The molecular formula is C15H24BrNOS. The lowest BCUT2D eigenvalue weighted by Gasteiger charge is -2.16. The second-order valence-corrected chi connectivity index (χ2v) is 6.87. The molecule has 1 rings (SSSR count). The van der Waals surface area contributed by atoms with Crippen molar-refractivity contribution in [1.29, 1.82) is 0 Å². The number of amides is 1. The Balaban J connectivity index is 2.14. The molecule has 0 aromatic carbocycles. The molecule has 2 nitrogen and oxygen atoms in total. The Kier molecular flexibility index (Phi) is 8.38. The van der Waals surface area contributed by atoms with Gasteiger partial charge in [0.25, 0.3) is 0 Å². The molecule has 0 aliphatic carbocycles. The van der Waals surface area contributed by atoms with Crippen molar-refractivity contribution in [3.63, 3.8) is 0 Å². The summed E-state index contributed by atoms with van der Waals surface area (Å²) in [5.74, 6) is 0.284. The fraction of sp³-hybridized carbons (Fsp3) is 0.667. The van der Waals surface area contributed by atoms with Gasteiger partial charge in [0.1, 0.15) is 0 Å². The van der Waals surface area contributed by atoms with Crippen LogP contribution in [0.1, 0.15) is 50.3 Å². The van der Waals surface area contributed by atoms with E-state index in [-0.39, 0.29) is 5.91 Å². The minimum atomic E-state index is 0.284. The van der Waals surface area contributed by atoms with Crippen molar-refractivity contribution in [1.82, 2.24) is 4.90 Å². The van der Waals surface area contributed by atoms with E-state index in [1.165, 1.54) is 30.6 Å². The number of unbranched alkanes of at least 4 members (excludes halogenated alkanes) is 4. The summed E-state index contributed by atoms with van der Waals surface area (Å²) in [5.41, 5.74) is 0. The van der Waals surface area contributed by atoms with E-state index in [2.05, 4.69) is 34.3 Å². The van der Waals surface area contributed by atoms with Crippen molar-refractivity contribution in [3.8, 4) is 0 Å². The average Bonchev–Trinajstić information content (AvgIpc) is 2.81. The van der Waals surface area contributed by atoms with Gasteiger partial charge in [-0.05, 0) is 34.8 Å². The van der Waals surface area contributed by atoms with Gasteiger partial charge in [-0.3, -0.25) is 4.79 Å². The van der Waals surface area contributed by atoms with Crippen molar-refractivity contribution in [2.75, 3.05) is 13.6 Å². The highest BCUT2D eigenvalue weighted by atomic mass is 79.9. The van der Waals surface area contributed by atoms with E-state index < -0.39 is 0 Å². The predicted octanol–water partition coefficient (Wildman–Crippen LogP) is 4.87. The van der Waals surface area contributed by atoms with E-state index in [9.17, 15) is 4.79 Å². The van der Waals surface area contributed by atoms with Crippen molar-refractivity contribution in [2.45, 2.75) is 51.9 Å². The highest BCUT2D eigenvalue weighted by molar-refractivity contribution is 9.10. The molecule has 1 amide bonds. The van der Waals surface area contributed by atoms with Crippen LogP contribution < -0.4 is 0 Å². The van der Waals surface area contributed by atoms with Gasteiger partial charge in [-0.1, -0.05) is 32.6 Å². The van der Waals surface area contributed by atoms with Crippen LogP contribution in [0.4, 0.5) is 0 Å². The van der Waals surface area contributed by atoms with Crippen molar-refractivity contribution < 1.29 is 4.79 Å². The van der Waals surface area contributed by atoms with Gasteiger partial charge in [0, 0.05) is 34.7 Å². The van der Waals surface area contributed by atoms with E-state index in [1.54, 1.807) is 11.3 Å². The summed E-state index contributed by atoms with van der Waals surface area (Å²) in [5, 5.41) is 2.09.